The summed E-state index contributed by atoms with van der Waals surface area (Å²) in [6, 6.07) is 0. The summed E-state index contributed by atoms with van der Waals surface area (Å²) in [6.07, 6.45) is -6.83. The Bertz CT molecular complexity index is 319. The summed E-state index contributed by atoms with van der Waals surface area (Å²) in [5, 5.41) is -6.72. The van der Waals surface area contributed by atoms with Crippen molar-refractivity contribution >= 4 is 10.1 Å². The highest BCUT2D eigenvalue weighted by atomic mass is 127. The number of hydrogen-bond donors (Lipinski definition) is 0. The Labute approximate surface area is 95.4 Å². The van der Waals surface area contributed by atoms with Gasteiger partial charge in [0.2, 0.25) is 24.0 Å². The molecule has 0 aromatic rings. The predicted octanol–water partition coefficient (Wildman–Crippen LogP) is -2.21. The monoisotopic (exact) mass is 378 g/mol. The predicted molar refractivity (Wildman–Crippen MR) is 28.4 cm³/mol. The summed E-state index contributed by atoms with van der Waals surface area (Å²) in [5.74, 6) is -6.92. The van der Waals surface area contributed by atoms with Crippen LogP contribution in [0.3, 0.4) is 0 Å². The maximum absolute atomic E-state index is 11.8. The minimum absolute atomic E-state index is 0. The molecule has 0 rings (SSSR count). The van der Waals surface area contributed by atoms with E-state index in [2.05, 4.69) is 0 Å². The van der Waals surface area contributed by atoms with Crippen molar-refractivity contribution in [3.05, 3.63) is 0 Å². The first-order valence-electron chi connectivity index (χ1n) is 2.53. The SMILES string of the molecule is O=S(=O)([O-])C(F)(F)C(F)(F)C(F)(F)F.[IH2+]. The highest BCUT2D eigenvalue weighted by molar-refractivity contribution is 7.86. The van der Waals surface area contributed by atoms with Gasteiger partial charge in [-0.05, 0) is 0 Å². The normalized spacial score (nSPS) is 14.7. The first-order chi connectivity index (χ1) is 5.75. The smallest absolute Gasteiger partial charge is 0.461 e. The van der Waals surface area contributed by atoms with E-state index in [1.807, 2.05) is 0 Å². The van der Waals surface area contributed by atoms with Crippen LogP contribution in [0, 0.1) is 0 Å². The molecule has 0 aliphatic carbocycles. The Hall–Kier alpha value is 0.150. The molecule has 12 heteroatoms. The van der Waals surface area contributed by atoms with Crippen molar-refractivity contribution in [1.29, 1.82) is 0 Å². The number of alkyl halides is 7. The van der Waals surface area contributed by atoms with Gasteiger partial charge in [-0.2, -0.15) is 30.7 Å². The average Bonchev–Trinajstić information content (AvgIpc) is 1.81. The lowest BCUT2D eigenvalue weighted by atomic mass is 10.3. The molecule has 0 unspecified atom stereocenters. The maximum atomic E-state index is 11.8. The van der Waals surface area contributed by atoms with Crippen LogP contribution >= 0.6 is 0 Å². The maximum Gasteiger partial charge on any atom is 0.461 e. The Morgan fingerprint density at radius 3 is 1.20 bits per heavy atom. The molecule has 0 amide bonds. The third kappa shape index (κ3) is 2.83. The van der Waals surface area contributed by atoms with Gasteiger partial charge in [-0.15, -0.1) is 0 Å². The van der Waals surface area contributed by atoms with Gasteiger partial charge in [0.15, 0.2) is 10.1 Å². The van der Waals surface area contributed by atoms with Gasteiger partial charge >= 0.3 is 17.4 Å². The van der Waals surface area contributed by atoms with E-state index in [-0.39, 0.29) is 24.0 Å². The summed E-state index contributed by atoms with van der Waals surface area (Å²) < 4.78 is 109. The fourth-order valence-electron chi connectivity index (χ4n) is 0.322. The number of halogens is 8. The van der Waals surface area contributed by atoms with Gasteiger partial charge in [0.25, 0.3) is 0 Å². The van der Waals surface area contributed by atoms with Crippen LogP contribution in [0.1, 0.15) is 0 Å². The van der Waals surface area contributed by atoms with Gasteiger partial charge in [0.1, 0.15) is 0 Å². The average molecular weight is 378 g/mol. The zero-order chi connectivity index (χ0) is 12.0. The fraction of sp³-hybridized carbons (Fsp3) is 1.00. The molecule has 0 heterocycles. The molecule has 0 radical (unpaired) electrons. The summed E-state index contributed by atoms with van der Waals surface area (Å²) >= 11 is 0. The van der Waals surface area contributed by atoms with Gasteiger partial charge in [-0.1, -0.05) is 0 Å². The van der Waals surface area contributed by atoms with Crippen LogP contribution in [-0.4, -0.2) is 30.3 Å². The van der Waals surface area contributed by atoms with Crippen molar-refractivity contribution in [2.45, 2.75) is 17.4 Å². The van der Waals surface area contributed by atoms with E-state index in [0.717, 1.165) is 0 Å². The van der Waals surface area contributed by atoms with Crippen molar-refractivity contribution < 1.29 is 67.7 Å². The quantitative estimate of drug-likeness (QED) is 0.311. The first-order valence-corrected chi connectivity index (χ1v) is 3.94. The lowest BCUT2D eigenvalue weighted by Gasteiger charge is -2.29. The third-order valence-electron chi connectivity index (χ3n) is 1.04. The van der Waals surface area contributed by atoms with Gasteiger partial charge < -0.3 is 4.55 Å². The molecule has 94 valence electrons. The Balaban J connectivity index is 0. The molecule has 0 aliphatic heterocycles. The topological polar surface area (TPSA) is 57.2 Å². The molecule has 0 N–H and O–H groups in total. The van der Waals surface area contributed by atoms with E-state index >= 15 is 0 Å². The fourth-order valence-corrected chi connectivity index (χ4v) is 0.752. The molecule has 0 spiro atoms. The minimum atomic E-state index is -7.10. The van der Waals surface area contributed by atoms with Crippen molar-refractivity contribution in [3.8, 4) is 0 Å². The van der Waals surface area contributed by atoms with Gasteiger partial charge in [0.05, 0.1) is 0 Å². The summed E-state index contributed by atoms with van der Waals surface area (Å²) in [4.78, 5) is 0. The van der Waals surface area contributed by atoms with Crippen LogP contribution in [-0.2, 0) is 10.1 Å². The largest absolute Gasteiger partial charge is 0.743 e. The van der Waals surface area contributed by atoms with E-state index in [1.165, 1.54) is 0 Å². The van der Waals surface area contributed by atoms with E-state index in [1.54, 1.807) is 0 Å². The summed E-state index contributed by atoms with van der Waals surface area (Å²) in [5.41, 5.74) is 0. The second kappa shape index (κ2) is 4.20. The lowest BCUT2D eigenvalue weighted by Crippen LogP contribution is -3.00. The summed E-state index contributed by atoms with van der Waals surface area (Å²) in [7, 11) is -7.10. The van der Waals surface area contributed by atoms with E-state index < -0.39 is 27.5 Å². The Morgan fingerprint density at radius 1 is 0.867 bits per heavy atom. The van der Waals surface area contributed by atoms with Crippen LogP contribution in [0.4, 0.5) is 30.7 Å². The Kier molecular flexibility index (Phi) is 4.91. The second-order valence-corrected chi connectivity index (χ2v) is 3.46. The molecule has 0 aromatic carbocycles. The minimum Gasteiger partial charge on any atom is -0.743 e. The highest BCUT2D eigenvalue weighted by Gasteiger charge is 2.76. The molecular weight excluding hydrogens is 376 g/mol. The van der Waals surface area contributed by atoms with E-state index in [4.69, 9.17) is 0 Å². The van der Waals surface area contributed by atoms with Crippen LogP contribution in [0.15, 0.2) is 0 Å². The van der Waals surface area contributed by atoms with Crippen LogP contribution in [0.25, 0.3) is 0 Å². The highest BCUT2D eigenvalue weighted by Crippen LogP contribution is 2.48. The molecular formula is C3H2F7IO3S. The second-order valence-electron chi connectivity index (χ2n) is 2.04. The van der Waals surface area contributed by atoms with Crippen LogP contribution in [0.5, 0.6) is 0 Å². The first kappa shape index (κ1) is 17.5. The summed E-state index contributed by atoms with van der Waals surface area (Å²) in [6.45, 7) is 0. The molecule has 0 saturated carbocycles. The molecule has 0 saturated heterocycles. The molecule has 0 atom stereocenters. The lowest BCUT2D eigenvalue weighted by molar-refractivity contribution is -0.333. The van der Waals surface area contributed by atoms with Crippen molar-refractivity contribution in [2.24, 2.45) is 0 Å². The molecule has 0 fully saturated rings. The van der Waals surface area contributed by atoms with Gasteiger partial charge in [-0.25, -0.2) is 8.42 Å². The molecule has 15 heavy (non-hydrogen) atoms. The van der Waals surface area contributed by atoms with E-state index in [9.17, 15) is 43.7 Å². The van der Waals surface area contributed by atoms with Gasteiger partial charge in [0, 0.05) is 0 Å². The van der Waals surface area contributed by atoms with Crippen molar-refractivity contribution in [3.63, 3.8) is 0 Å². The molecule has 3 nitrogen and oxygen atoms in total. The number of rotatable bonds is 2. The Morgan fingerprint density at radius 2 is 1.13 bits per heavy atom. The zero-order valence-corrected chi connectivity index (χ0v) is 9.60. The van der Waals surface area contributed by atoms with Crippen LogP contribution < -0.4 is 24.0 Å². The molecule has 0 aliphatic rings. The van der Waals surface area contributed by atoms with E-state index in [0.29, 0.717) is 0 Å². The third-order valence-corrected chi connectivity index (χ3v) is 1.92. The zero-order valence-electron chi connectivity index (χ0n) is 6.23. The molecule has 0 bridgehead atoms. The van der Waals surface area contributed by atoms with Crippen molar-refractivity contribution in [1.82, 2.24) is 0 Å². The number of hydrogen-bond acceptors (Lipinski definition) is 3. The van der Waals surface area contributed by atoms with Crippen molar-refractivity contribution in [2.75, 3.05) is 0 Å². The molecule has 0 aromatic heterocycles. The van der Waals surface area contributed by atoms with Crippen LogP contribution in [0.2, 0.25) is 0 Å². The van der Waals surface area contributed by atoms with Gasteiger partial charge in [-0.3, -0.25) is 0 Å². The standard InChI is InChI=1S/C3HF7O3S.H2I/c4-1(5,2(6,7)8)3(9,10)14(11,12)13;/h(H,11,12,13);1H2/q;+1/p-1.